The van der Waals surface area contributed by atoms with Gasteiger partial charge in [-0.25, -0.2) is 0 Å². The molecule has 2 heterocycles. The Morgan fingerprint density at radius 2 is 1.61 bits per heavy atom. The molecule has 0 radical (unpaired) electrons. The lowest BCUT2D eigenvalue weighted by atomic mass is 10.1. The van der Waals surface area contributed by atoms with Gasteiger partial charge in [0.2, 0.25) is 11.6 Å². The highest BCUT2D eigenvalue weighted by molar-refractivity contribution is 5.92. The maximum Gasteiger partial charge on any atom is 0.297 e. The number of anilines is 1. The average Bonchev–Trinajstić information content (AvgIpc) is 3.25. The molecule has 0 fully saturated rings. The fraction of sp³-hybridized carbons (Fsp3) is 0.154. The molecule has 0 saturated carbocycles. The van der Waals surface area contributed by atoms with Gasteiger partial charge in [0.1, 0.15) is 6.54 Å². The van der Waals surface area contributed by atoms with Crippen LogP contribution < -0.4 is 10.9 Å². The second kappa shape index (κ2) is 8.02. The van der Waals surface area contributed by atoms with E-state index in [0.717, 1.165) is 27.8 Å². The predicted molar refractivity (Wildman–Crippen MR) is 129 cm³/mol. The molecular formula is C26H23N5O2. The SMILES string of the molecule is Cc1ccc(-c2nnc3c(=O)n(CC(=O)Nc4ccc(C)c(C)c4)c4ccccc4n23)cc1. The van der Waals surface area contributed by atoms with Crippen LogP contribution in [0.5, 0.6) is 0 Å². The third kappa shape index (κ3) is 3.67. The van der Waals surface area contributed by atoms with Crippen LogP contribution in [-0.2, 0) is 11.3 Å². The lowest BCUT2D eigenvalue weighted by Crippen LogP contribution is -2.29. The number of benzene rings is 3. The van der Waals surface area contributed by atoms with Crippen molar-refractivity contribution in [3.63, 3.8) is 0 Å². The molecule has 0 aliphatic heterocycles. The molecule has 0 spiro atoms. The first-order chi connectivity index (χ1) is 15.9. The summed E-state index contributed by atoms with van der Waals surface area (Å²) in [6.45, 7) is 5.90. The summed E-state index contributed by atoms with van der Waals surface area (Å²) in [5, 5.41) is 11.4. The Bertz CT molecular complexity index is 1580. The third-order valence-corrected chi connectivity index (χ3v) is 5.92. The van der Waals surface area contributed by atoms with Crippen LogP contribution in [-0.4, -0.2) is 25.1 Å². The quantitative estimate of drug-likeness (QED) is 0.455. The van der Waals surface area contributed by atoms with E-state index in [1.807, 2.05) is 87.5 Å². The molecule has 0 atom stereocenters. The molecule has 5 rings (SSSR count). The molecule has 0 aliphatic carbocycles. The second-order valence-corrected chi connectivity index (χ2v) is 8.28. The molecule has 0 unspecified atom stereocenters. The van der Waals surface area contributed by atoms with Crippen LogP contribution in [0.15, 0.2) is 71.5 Å². The minimum atomic E-state index is -0.366. The predicted octanol–water partition coefficient (Wildman–Crippen LogP) is 4.28. The molecule has 0 saturated heterocycles. The highest BCUT2D eigenvalue weighted by Gasteiger charge is 2.19. The number of aryl methyl sites for hydroxylation is 3. The summed E-state index contributed by atoms with van der Waals surface area (Å²) in [6.07, 6.45) is 0. The minimum Gasteiger partial charge on any atom is -0.325 e. The Balaban J connectivity index is 1.60. The van der Waals surface area contributed by atoms with Crippen LogP contribution in [0.25, 0.3) is 28.1 Å². The first-order valence-corrected chi connectivity index (χ1v) is 10.7. The molecule has 5 aromatic rings. The molecule has 7 heteroatoms. The highest BCUT2D eigenvalue weighted by atomic mass is 16.2. The van der Waals surface area contributed by atoms with Gasteiger partial charge >= 0.3 is 0 Å². The Labute approximate surface area is 190 Å². The van der Waals surface area contributed by atoms with Crippen molar-refractivity contribution >= 4 is 28.3 Å². The van der Waals surface area contributed by atoms with Gasteiger partial charge in [-0.2, -0.15) is 0 Å². The fourth-order valence-corrected chi connectivity index (χ4v) is 3.97. The number of hydrogen-bond donors (Lipinski definition) is 1. The Morgan fingerprint density at radius 1 is 0.879 bits per heavy atom. The van der Waals surface area contributed by atoms with E-state index in [0.29, 0.717) is 17.0 Å². The van der Waals surface area contributed by atoms with Crippen LogP contribution in [0, 0.1) is 20.8 Å². The van der Waals surface area contributed by atoms with Crippen LogP contribution in [0.2, 0.25) is 0 Å². The lowest BCUT2D eigenvalue weighted by Gasteiger charge is -2.13. The second-order valence-electron chi connectivity index (χ2n) is 8.28. The molecule has 2 aromatic heterocycles. The van der Waals surface area contributed by atoms with E-state index in [9.17, 15) is 9.59 Å². The van der Waals surface area contributed by atoms with Gasteiger partial charge in [-0.1, -0.05) is 48.0 Å². The molecule has 0 bridgehead atoms. The first kappa shape index (κ1) is 20.6. The maximum atomic E-state index is 13.4. The summed E-state index contributed by atoms with van der Waals surface area (Å²) < 4.78 is 3.22. The smallest absolute Gasteiger partial charge is 0.297 e. The summed E-state index contributed by atoms with van der Waals surface area (Å²) in [5.74, 6) is 0.304. The molecule has 1 amide bonds. The van der Waals surface area contributed by atoms with Gasteiger partial charge in [-0.05, 0) is 56.2 Å². The average molecular weight is 438 g/mol. The van der Waals surface area contributed by atoms with Crippen molar-refractivity contribution in [2.24, 2.45) is 0 Å². The van der Waals surface area contributed by atoms with Crippen molar-refractivity contribution in [1.29, 1.82) is 0 Å². The molecule has 1 N–H and O–H groups in total. The number of rotatable bonds is 4. The molecule has 0 aliphatic rings. The normalized spacial score (nSPS) is 11.2. The summed E-state index contributed by atoms with van der Waals surface area (Å²) in [4.78, 5) is 26.2. The Morgan fingerprint density at radius 3 is 2.33 bits per heavy atom. The van der Waals surface area contributed by atoms with Crippen molar-refractivity contribution in [3.05, 3.63) is 93.8 Å². The topological polar surface area (TPSA) is 81.3 Å². The van der Waals surface area contributed by atoms with Crippen LogP contribution in [0.1, 0.15) is 16.7 Å². The summed E-state index contributed by atoms with van der Waals surface area (Å²) in [5.41, 5.74) is 6.15. The zero-order valence-corrected chi connectivity index (χ0v) is 18.7. The monoisotopic (exact) mass is 437 g/mol. The molecule has 33 heavy (non-hydrogen) atoms. The number of para-hydroxylation sites is 2. The fourth-order valence-electron chi connectivity index (χ4n) is 3.97. The van der Waals surface area contributed by atoms with E-state index in [2.05, 4.69) is 15.5 Å². The van der Waals surface area contributed by atoms with Crippen molar-refractivity contribution in [3.8, 4) is 11.4 Å². The number of amides is 1. The van der Waals surface area contributed by atoms with E-state index in [-0.39, 0.29) is 23.7 Å². The first-order valence-electron chi connectivity index (χ1n) is 10.7. The van der Waals surface area contributed by atoms with Crippen molar-refractivity contribution in [1.82, 2.24) is 19.2 Å². The van der Waals surface area contributed by atoms with Gasteiger partial charge in [-0.15, -0.1) is 10.2 Å². The van der Waals surface area contributed by atoms with E-state index in [1.54, 1.807) is 4.40 Å². The lowest BCUT2D eigenvalue weighted by molar-refractivity contribution is -0.116. The van der Waals surface area contributed by atoms with E-state index >= 15 is 0 Å². The van der Waals surface area contributed by atoms with Crippen LogP contribution >= 0.6 is 0 Å². The standard InChI is InChI=1S/C26H23N5O2/c1-16-8-11-19(12-9-16)24-28-29-25-26(33)30(21-6-4-5-7-22(21)31(24)25)15-23(32)27-20-13-10-17(2)18(3)14-20/h4-14H,15H2,1-3H3,(H,27,32). The number of fused-ring (bicyclic) bond motifs is 3. The number of nitrogens with one attached hydrogen (secondary N) is 1. The van der Waals surface area contributed by atoms with Gasteiger partial charge in [0, 0.05) is 11.3 Å². The van der Waals surface area contributed by atoms with Crippen LogP contribution in [0.4, 0.5) is 5.69 Å². The number of carbonyl (C=O) groups is 1. The van der Waals surface area contributed by atoms with E-state index in [4.69, 9.17) is 0 Å². The molecule has 164 valence electrons. The van der Waals surface area contributed by atoms with E-state index < -0.39 is 0 Å². The van der Waals surface area contributed by atoms with Crippen LogP contribution in [0.3, 0.4) is 0 Å². The zero-order valence-electron chi connectivity index (χ0n) is 18.7. The van der Waals surface area contributed by atoms with Gasteiger partial charge in [0.15, 0.2) is 5.82 Å². The molecule has 3 aromatic carbocycles. The highest BCUT2D eigenvalue weighted by Crippen LogP contribution is 2.23. The summed E-state index contributed by atoms with van der Waals surface area (Å²) in [6, 6.07) is 21.1. The van der Waals surface area contributed by atoms with Gasteiger partial charge < -0.3 is 5.32 Å². The summed E-state index contributed by atoms with van der Waals surface area (Å²) >= 11 is 0. The number of carbonyl (C=O) groups excluding carboxylic acids is 1. The van der Waals surface area contributed by atoms with Crippen molar-refractivity contribution < 1.29 is 4.79 Å². The van der Waals surface area contributed by atoms with Crippen molar-refractivity contribution in [2.75, 3.05) is 5.32 Å². The third-order valence-electron chi connectivity index (χ3n) is 5.92. The van der Waals surface area contributed by atoms with Gasteiger partial charge in [0.05, 0.1) is 11.0 Å². The minimum absolute atomic E-state index is 0.129. The van der Waals surface area contributed by atoms with Gasteiger partial charge in [-0.3, -0.25) is 18.6 Å². The number of hydrogen-bond acceptors (Lipinski definition) is 4. The van der Waals surface area contributed by atoms with E-state index in [1.165, 1.54) is 4.57 Å². The number of aromatic nitrogens is 4. The van der Waals surface area contributed by atoms with Gasteiger partial charge in [0.25, 0.3) is 5.56 Å². The maximum absolute atomic E-state index is 13.4. The Hall–Kier alpha value is -4.26. The zero-order chi connectivity index (χ0) is 23.1. The van der Waals surface area contributed by atoms with Crippen molar-refractivity contribution in [2.45, 2.75) is 27.3 Å². The summed E-state index contributed by atoms with van der Waals surface area (Å²) in [7, 11) is 0. The molecule has 7 nitrogen and oxygen atoms in total. The largest absolute Gasteiger partial charge is 0.325 e. The number of nitrogens with zero attached hydrogens (tertiary/aromatic N) is 4. The Kier molecular flexibility index (Phi) is 5.01. The molecular weight excluding hydrogens is 414 g/mol.